The van der Waals surface area contributed by atoms with E-state index in [1.807, 2.05) is 13.8 Å². The molecular formula is C5H12N2O2. The topological polar surface area (TPSA) is 72.2 Å². The molecule has 4 heteroatoms. The van der Waals surface area contributed by atoms with Crippen molar-refractivity contribution in [3.8, 4) is 0 Å². The fourth-order valence-electron chi connectivity index (χ4n) is 0.136. The number of nitrogens with two attached hydrogens (primary N) is 1. The maximum absolute atomic E-state index is 9.50. The molecule has 4 nitrogen and oxygen atoms in total. The number of hydrogen-bond acceptors (Lipinski definition) is 2. The van der Waals surface area contributed by atoms with Gasteiger partial charge in [0.05, 0.1) is 0 Å². The van der Waals surface area contributed by atoms with Crippen molar-refractivity contribution < 1.29 is 9.59 Å². The van der Waals surface area contributed by atoms with Crippen LogP contribution in [0.3, 0.4) is 0 Å². The summed E-state index contributed by atoms with van der Waals surface area (Å²) in [5, 5.41) is 2.53. The summed E-state index contributed by atoms with van der Waals surface area (Å²) >= 11 is 0. The van der Waals surface area contributed by atoms with E-state index in [1.165, 1.54) is 0 Å². The molecule has 0 unspecified atom stereocenters. The van der Waals surface area contributed by atoms with E-state index < -0.39 is 0 Å². The van der Waals surface area contributed by atoms with E-state index in [-0.39, 0.29) is 12.5 Å². The summed E-state index contributed by atoms with van der Waals surface area (Å²) in [6, 6.07) is 0.280. The van der Waals surface area contributed by atoms with Gasteiger partial charge in [-0.05, 0) is 13.8 Å². The van der Waals surface area contributed by atoms with Crippen molar-refractivity contribution in [2.75, 3.05) is 0 Å². The van der Waals surface area contributed by atoms with Gasteiger partial charge in [-0.2, -0.15) is 0 Å². The fourth-order valence-corrected chi connectivity index (χ4v) is 0.136. The fraction of sp³-hybridized carbons (Fsp3) is 0.600. The molecule has 0 radical (unpaired) electrons. The van der Waals surface area contributed by atoms with Crippen LogP contribution >= 0.6 is 0 Å². The van der Waals surface area contributed by atoms with E-state index in [9.17, 15) is 4.79 Å². The molecule has 0 heterocycles. The molecule has 0 bridgehead atoms. The molecule has 0 aliphatic carbocycles. The van der Waals surface area contributed by atoms with Crippen LogP contribution in [0.15, 0.2) is 0 Å². The highest BCUT2D eigenvalue weighted by atomic mass is 16.1. The van der Waals surface area contributed by atoms with Crippen molar-refractivity contribution in [2.24, 2.45) is 5.73 Å². The number of rotatable bonds is 2. The Kier molecular flexibility index (Phi) is 12.1. The van der Waals surface area contributed by atoms with Gasteiger partial charge in [0, 0.05) is 6.04 Å². The van der Waals surface area contributed by atoms with Crippen LogP contribution in [0.4, 0.5) is 0 Å². The summed E-state index contributed by atoms with van der Waals surface area (Å²) in [6.07, 6.45) is 0.949. The Hall–Kier alpha value is -1.06. The summed E-state index contributed by atoms with van der Waals surface area (Å²) in [4.78, 5) is 18.1. The molecule has 0 aromatic rings. The zero-order valence-corrected chi connectivity index (χ0v) is 5.63. The average Bonchev–Trinajstić information content (AvgIpc) is 1.67. The Morgan fingerprint density at radius 2 is 1.78 bits per heavy atom. The van der Waals surface area contributed by atoms with Gasteiger partial charge in [-0.1, -0.05) is 0 Å². The number of carbonyl (C=O) groups is 2. The minimum atomic E-state index is 0.250. The lowest BCUT2D eigenvalue weighted by Crippen LogP contribution is -2.19. The summed E-state index contributed by atoms with van der Waals surface area (Å²) in [5.74, 6) is 0. The highest BCUT2D eigenvalue weighted by Crippen LogP contribution is 1.67. The number of amides is 2. The largest absolute Gasteiger partial charge is 0.372 e. The van der Waals surface area contributed by atoms with Crippen LogP contribution in [0, 0.1) is 0 Å². The molecule has 2 amide bonds. The molecule has 0 atom stereocenters. The first-order valence-corrected chi connectivity index (χ1v) is 2.54. The van der Waals surface area contributed by atoms with Crippen LogP contribution in [0.5, 0.6) is 0 Å². The molecule has 0 rings (SSSR count). The van der Waals surface area contributed by atoms with E-state index in [0.29, 0.717) is 6.41 Å². The quantitative estimate of drug-likeness (QED) is 0.485. The van der Waals surface area contributed by atoms with Crippen molar-refractivity contribution in [3.05, 3.63) is 0 Å². The zero-order valence-electron chi connectivity index (χ0n) is 5.63. The summed E-state index contributed by atoms with van der Waals surface area (Å²) < 4.78 is 0. The molecule has 0 fully saturated rings. The minimum absolute atomic E-state index is 0.250. The molecule has 0 spiro atoms. The van der Waals surface area contributed by atoms with Crippen molar-refractivity contribution >= 4 is 12.8 Å². The number of nitrogens with one attached hydrogen (secondary N) is 1. The monoisotopic (exact) mass is 132 g/mol. The van der Waals surface area contributed by atoms with Gasteiger partial charge in [0.25, 0.3) is 0 Å². The van der Waals surface area contributed by atoms with Gasteiger partial charge in [0.1, 0.15) is 0 Å². The molecule has 3 N–H and O–H groups in total. The van der Waals surface area contributed by atoms with Gasteiger partial charge in [0.2, 0.25) is 12.8 Å². The lowest BCUT2D eigenvalue weighted by molar-refractivity contribution is -0.110. The van der Waals surface area contributed by atoms with Crippen LogP contribution in [-0.2, 0) is 9.59 Å². The van der Waals surface area contributed by atoms with Gasteiger partial charge in [-0.25, -0.2) is 0 Å². The second kappa shape index (κ2) is 10.0. The number of primary amides is 1. The second-order valence-electron chi connectivity index (χ2n) is 1.58. The van der Waals surface area contributed by atoms with E-state index >= 15 is 0 Å². The average molecular weight is 132 g/mol. The first-order valence-electron chi connectivity index (χ1n) is 2.54. The van der Waals surface area contributed by atoms with Crippen LogP contribution < -0.4 is 11.1 Å². The molecule has 0 aliphatic rings. The van der Waals surface area contributed by atoms with Crippen molar-refractivity contribution in [3.63, 3.8) is 0 Å². The van der Waals surface area contributed by atoms with Gasteiger partial charge in [-0.15, -0.1) is 0 Å². The third-order valence-electron chi connectivity index (χ3n) is 0.401. The van der Waals surface area contributed by atoms with Gasteiger partial charge < -0.3 is 11.1 Å². The van der Waals surface area contributed by atoms with Crippen LogP contribution in [0.2, 0.25) is 0 Å². The van der Waals surface area contributed by atoms with Gasteiger partial charge in [-0.3, -0.25) is 9.59 Å². The third-order valence-corrected chi connectivity index (χ3v) is 0.401. The standard InChI is InChI=1S/C4H9NO.CH3NO/c1-4(2)5-3-6;2-1-3/h3-4H,1-2H3,(H,5,6);1H,(H2,2,3). The first kappa shape index (κ1) is 10.8. The number of carbonyl (C=O) groups excluding carboxylic acids is 2. The highest BCUT2D eigenvalue weighted by Gasteiger charge is 1.81. The maximum Gasteiger partial charge on any atom is 0.207 e. The highest BCUT2D eigenvalue weighted by molar-refractivity contribution is 5.46. The Balaban J connectivity index is 0. The third kappa shape index (κ3) is 45.0. The Morgan fingerprint density at radius 1 is 1.44 bits per heavy atom. The first-order chi connectivity index (χ1) is 4.18. The van der Waals surface area contributed by atoms with E-state index in [1.54, 1.807) is 0 Å². The lowest BCUT2D eigenvalue weighted by atomic mass is 10.4. The summed E-state index contributed by atoms with van der Waals surface area (Å²) in [5.41, 5.74) is 4.17. The number of hydrogen-bond donors (Lipinski definition) is 2. The van der Waals surface area contributed by atoms with Gasteiger partial charge in [0.15, 0.2) is 0 Å². The zero-order chi connectivity index (χ0) is 7.70. The summed E-state index contributed by atoms with van der Waals surface area (Å²) in [6.45, 7) is 3.82. The summed E-state index contributed by atoms with van der Waals surface area (Å²) in [7, 11) is 0. The molecule has 0 aromatic carbocycles. The Bertz CT molecular complexity index is 73.4. The van der Waals surface area contributed by atoms with Crippen LogP contribution in [0.25, 0.3) is 0 Å². The van der Waals surface area contributed by atoms with Gasteiger partial charge >= 0.3 is 0 Å². The molecule has 0 aliphatic heterocycles. The molecule has 54 valence electrons. The molecule has 0 saturated carbocycles. The minimum Gasteiger partial charge on any atom is -0.372 e. The van der Waals surface area contributed by atoms with Crippen molar-refractivity contribution in [1.82, 2.24) is 5.32 Å². The van der Waals surface area contributed by atoms with Crippen molar-refractivity contribution in [1.29, 1.82) is 0 Å². The van der Waals surface area contributed by atoms with Crippen LogP contribution in [0.1, 0.15) is 13.8 Å². The van der Waals surface area contributed by atoms with E-state index in [4.69, 9.17) is 4.79 Å². The molecule has 0 saturated heterocycles. The molecule has 9 heavy (non-hydrogen) atoms. The lowest BCUT2D eigenvalue weighted by Gasteiger charge is -1.96. The van der Waals surface area contributed by atoms with E-state index in [2.05, 4.69) is 11.1 Å². The smallest absolute Gasteiger partial charge is 0.207 e. The predicted octanol–water partition coefficient (Wildman–Crippen LogP) is -0.758. The van der Waals surface area contributed by atoms with Crippen LogP contribution in [-0.4, -0.2) is 18.9 Å². The normalized spacial score (nSPS) is 7.00. The Morgan fingerprint density at radius 3 is 1.78 bits per heavy atom. The Labute approximate surface area is 54.4 Å². The predicted molar refractivity (Wildman–Crippen MR) is 34.6 cm³/mol. The molecular weight excluding hydrogens is 120 g/mol. The van der Waals surface area contributed by atoms with Crippen molar-refractivity contribution in [2.45, 2.75) is 19.9 Å². The maximum atomic E-state index is 9.50. The molecule has 0 aromatic heterocycles. The second-order valence-corrected chi connectivity index (χ2v) is 1.58. The SMILES string of the molecule is CC(C)NC=O.NC=O. The van der Waals surface area contributed by atoms with E-state index in [0.717, 1.165) is 0 Å².